The van der Waals surface area contributed by atoms with Gasteiger partial charge in [0, 0.05) is 18.8 Å². The minimum absolute atomic E-state index is 0.0157. The number of carboxylic acid groups (broad SMARTS) is 1. The van der Waals surface area contributed by atoms with Crippen LogP contribution in [0.3, 0.4) is 0 Å². The summed E-state index contributed by atoms with van der Waals surface area (Å²) in [5.41, 5.74) is 0.573. The number of aryl methyl sites for hydroxylation is 1. The first-order valence-corrected chi connectivity index (χ1v) is 6.22. The number of aliphatic carboxylic acids is 1. The van der Waals surface area contributed by atoms with Crippen LogP contribution in [0, 0.1) is 18.8 Å². The minimum atomic E-state index is -4.65. The zero-order valence-electron chi connectivity index (χ0n) is 11.1. The van der Waals surface area contributed by atoms with Gasteiger partial charge < -0.3 is 10.0 Å². The highest BCUT2D eigenvalue weighted by molar-refractivity contribution is 5.93. The number of carbonyl (C=O) groups excluding carboxylic acids is 1. The highest BCUT2D eigenvalue weighted by Gasteiger charge is 2.53. The Morgan fingerprint density at radius 2 is 2.00 bits per heavy atom. The molecule has 0 radical (unpaired) electrons. The van der Waals surface area contributed by atoms with Crippen molar-refractivity contribution in [2.45, 2.75) is 13.1 Å². The van der Waals surface area contributed by atoms with E-state index in [1.807, 2.05) is 0 Å². The minimum Gasteiger partial charge on any atom is -0.481 e. The van der Waals surface area contributed by atoms with E-state index in [2.05, 4.69) is 4.98 Å². The summed E-state index contributed by atoms with van der Waals surface area (Å²) in [6.07, 6.45) is -4.65. The van der Waals surface area contributed by atoms with Gasteiger partial charge in [0.05, 0.1) is 11.8 Å². The summed E-state index contributed by atoms with van der Waals surface area (Å²) >= 11 is 0. The highest BCUT2D eigenvalue weighted by atomic mass is 19.4. The van der Waals surface area contributed by atoms with Crippen LogP contribution in [0.15, 0.2) is 18.2 Å². The van der Waals surface area contributed by atoms with Gasteiger partial charge in [0.15, 0.2) is 0 Å². The maximum Gasteiger partial charge on any atom is 0.394 e. The third-order valence-corrected chi connectivity index (χ3v) is 3.45. The maximum atomic E-state index is 12.9. The zero-order chi connectivity index (χ0) is 15.8. The van der Waals surface area contributed by atoms with Crippen LogP contribution in [0.25, 0.3) is 0 Å². The number of carbonyl (C=O) groups is 2. The molecule has 114 valence electrons. The third kappa shape index (κ3) is 3.14. The first-order chi connectivity index (χ1) is 9.70. The van der Waals surface area contributed by atoms with E-state index in [0.717, 1.165) is 4.90 Å². The number of hydrogen-bond donors (Lipinski definition) is 1. The Hall–Kier alpha value is -2.12. The van der Waals surface area contributed by atoms with Crippen molar-refractivity contribution in [3.05, 3.63) is 29.6 Å². The quantitative estimate of drug-likeness (QED) is 0.903. The van der Waals surface area contributed by atoms with Crippen LogP contribution in [-0.2, 0) is 4.79 Å². The molecule has 0 saturated carbocycles. The molecule has 1 N–H and O–H groups in total. The Labute approximate surface area is 118 Å². The molecule has 1 saturated heterocycles. The van der Waals surface area contributed by atoms with E-state index in [1.54, 1.807) is 19.1 Å². The molecular weight excluding hydrogens is 289 g/mol. The molecule has 1 amide bonds. The summed E-state index contributed by atoms with van der Waals surface area (Å²) in [5, 5.41) is 8.91. The van der Waals surface area contributed by atoms with Gasteiger partial charge in [-0.05, 0) is 19.1 Å². The number of alkyl halides is 3. The Bertz CT molecular complexity index is 574. The second kappa shape index (κ2) is 5.34. The van der Waals surface area contributed by atoms with Crippen LogP contribution < -0.4 is 0 Å². The van der Waals surface area contributed by atoms with Crippen LogP contribution in [0.4, 0.5) is 13.2 Å². The van der Waals surface area contributed by atoms with Crippen LogP contribution in [-0.4, -0.2) is 46.1 Å². The van der Waals surface area contributed by atoms with Crippen molar-refractivity contribution in [2.24, 2.45) is 11.8 Å². The SMILES string of the molecule is Cc1cccc(C(=O)N2C[C@@H](C(F)(F)F)[C@H](C(=O)O)C2)n1. The Morgan fingerprint density at radius 3 is 2.48 bits per heavy atom. The molecule has 0 unspecified atom stereocenters. The molecule has 0 aliphatic carbocycles. The Balaban J connectivity index is 2.23. The van der Waals surface area contributed by atoms with Gasteiger partial charge in [-0.2, -0.15) is 13.2 Å². The molecule has 1 aliphatic rings. The summed E-state index contributed by atoms with van der Waals surface area (Å²) in [4.78, 5) is 28.0. The smallest absolute Gasteiger partial charge is 0.394 e. The molecular formula is C13H13F3N2O3. The zero-order valence-corrected chi connectivity index (χ0v) is 11.1. The van der Waals surface area contributed by atoms with Crippen molar-refractivity contribution in [3.63, 3.8) is 0 Å². The molecule has 2 atom stereocenters. The van der Waals surface area contributed by atoms with Crippen molar-refractivity contribution in [1.82, 2.24) is 9.88 Å². The van der Waals surface area contributed by atoms with Crippen LogP contribution in [0.5, 0.6) is 0 Å². The molecule has 2 rings (SSSR count). The molecule has 0 aromatic carbocycles. The van der Waals surface area contributed by atoms with E-state index in [-0.39, 0.29) is 5.69 Å². The Kier molecular flexibility index (Phi) is 3.89. The molecule has 0 bridgehead atoms. The van der Waals surface area contributed by atoms with Crippen LogP contribution >= 0.6 is 0 Å². The first kappa shape index (κ1) is 15.3. The summed E-state index contributed by atoms with van der Waals surface area (Å²) in [5.74, 6) is -5.93. The largest absolute Gasteiger partial charge is 0.481 e. The number of hydrogen-bond acceptors (Lipinski definition) is 3. The predicted molar refractivity (Wildman–Crippen MR) is 65.5 cm³/mol. The predicted octanol–water partition coefficient (Wildman–Crippen LogP) is 1.73. The lowest BCUT2D eigenvalue weighted by Crippen LogP contribution is -2.34. The molecule has 0 spiro atoms. The van der Waals surface area contributed by atoms with E-state index in [1.165, 1.54) is 6.07 Å². The number of likely N-dealkylation sites (tertiary alicyclic amines) is 1. The number of halogens is 3. The third-order valence-electron chi connectivity index (χ3n) is 3.45. The number of aromatic nitrogens is 1. The standard InChI is InChI=1S/C13H13F3N2O3/c1-7-3-2-4-10(17-7)11(19)18-5-8(12(20)21)9(6-18)13(14,15)16/h2-4,8-9H,5-6H2,1H3,(H,20,21)/t8-,9-/m1/s1. The maximum absolute atomic E-state index is 12.9. The van der Waals surface area contributed by atoms with Crippen molar-refractivity contribution in [3.8, 4) is 0 Å². The fourth-order valence-electron chi connectivity index (χ4n) is 2.38. The molecule has 8 heteroatoms. The molecule has 1 aromatic rings. The number of carboxylic acids is 1. The average Bonchev–Trinajstić information content (AvgIpc) is 2.83. The highest BCUT2D eigenvalue weighted by Crippen LogP contribution is 2.38. The first-order valence-electron chi connectivity index (χ1n) is 6.22. The van der Waals surface area contributed by atoms with Crippen LogP contribution in [0.2, 0.25) is 0 Å². The molecule has 21 heavy (non-hydrogen) atoms. The van der Waals surface area contributed by atoms with Gasteiger partial charge in [-0.1, -0.05) is 6.07 Å². The van der Waals surface area contributed by atoms with Crippen molar-refractivity contribution in [2.75, 3.05) is 13.1 Å². The summed E-state index contributed by atoms with van der Waals surface area (Å²) in [7, 11) is 0. The van der Waals surface area contributed by atoms with E-state index in [9.17, 15) is 22.8 Å². The number of amides is 1. The Morgan fingerprint density at radius 1 is 1.33 bits per heavy atom. The average molecular weight is 302 g/mol. The van der Waals surface area contributed by atoms with Crippen molar-refractivity contribution >= 4 is 11.9 Å². The summed E-state index contributed by atoms with van der Waals surface area (Å²) in [6, 6.07) is 4.62. The lowest BCUT2D eigenvalue weighted by molar-refractivity contribution is -0.187. The number of pyridine rings is 1. The molecule has 2 heterocycles. The van der Waals surface area contributed by atoms with Gasteiger partial charge >= 0.3 is 12.1 Å². The van der Waals surface area contributed by atoms with E-state index in [0.29, 0.717) is 5.69 Å². The lowest BCUT2D eigenvalue weighted by Gasteiger charge is -2.18. The van der Waals surface area contributed by atoms with Crippen molar-refractivity contribution < 1.29 is 27.9 Å². The van der Waals surface area contributed by atoms with Crippen LogP contribution in [0.1, 0.15) is 16.2 Å². The second-order valence-corrected chi connectivity index (χ2v) is 4.97. The molecule has 5 nitrogen and oxygen atoms in total. The fourth-order valence-corrected chi connectivity index (χ4v) is 2.38. The van der Waals surface area contributed by atoms with Gasteiger partial charge in [-0.3, -0.25) is 9.59 Å². The van der Waals surface area contributed by atoms with E-state index in [4.69, 9.17) is 5.11 Å². The van der Waals surface area contributed by atoms with E-state index < -0.39 is 43.0 Å². The topological polar surface area (TPSA) is 70.5 Å². The molecule has 1 aliphatic heterocycles. The summed E-state index contributed by atoms with van der Waals surface area (Å²) in [6.45, 7) is 0.530. The van der Waals surface area contributed by atoms with Gasteiger partial charge in [0.25, 0.3) is 5.91 Å². The van der Waals surface area contributed by atoms with Gasteiger partial charge in [-0.25, -0.2) is 4.98 Å². The van der Waals surface area contributed by atoms with Crippen molar-refractivity contribution in [1.29, 1.82) is 0 Å². The summed E-state index contributed by atoms with van der Waals surface area (Å²) < 4.78 is 38.6. The van der Waals surface area contributed by atoms with Gasteiger partial charge in [0.1, 0.15) is 5.69 Å². The van der Waals surface area contributed by atoms with Gasteiger partial charge in [-0.15, -0.1) is 0 Å². The monoisotopic (exact) mass is 302 g/mol. The fraction of sp³-hybridized carbons (Fsp3) is 0.462. The molecule has 1 aromatic heterocycles. The second-order valence-electron chi connectivity index (χ2n) is 4.97. The van der Waals surface area contributed by atoms with Gasteiger partial charge in [0.2, 0.25) is 0 Å². The number of rotatable bonds is 2. The number of nitrogens with zero attached hydrogens (tertiary/aromatic N) is 2. The van der Waals surface area contributed by atoms with E-state index >= 15 is 0 Å². The molecule has 1 fully saturated rings. The normalized spacial score (nSPS) is 22.4. The lowest BCUT2D eigenvalue weighted by atomic mass is 9.96.